The summed E-state index contributed by atoms with van der Waals surface area (Å²) in [4.78, 5) is 21.8. The number of pyridine rings is 2. The number of hydrogen-bond donors (Lipinski definition) is 1. The number of ether oxygens (including phenoxy) is 1. The Kier molecular flexibility index (Phi) is 6.49. The van der Waals surface area contributed by atoms with Crippen LogP contribution in [0.3, 0.4) is 0 Å². The minimum atomic E-state index is -0.102. The van der Waals surface area contributed by atoms with Gasteiger partial charge in [0.15, 0.2) is 0 Å². The van der Waals surface area contributed by atoms with Crippen molar-refractivity contribution in [3.8, 4) is 11.4 Å². The number of benzene rings is 1. The SMILES string of the molecule is CC(C)COCCCNC(=O)c1cc(-c2ccccn2)nc2ccccc12. The Labute approximate surface area is 159 Å². The van der Waals surface area contributed by atoms with E-state index < -0.39 is 0 Å². The third kappa shape index (κ3) is 5.11. The molecule has 0 saturated carbocycles. The van der Waals surface area contributed by atoms with Gasteiger partial charge in [-0.05, 0) is 36.6 Å². The Balaban J connectivity index is 1.75. The number of aromatic nitrogens is 2. The summed E-state index contributed by atoms with van der Waals surface area (Å²) in [5, 5.41) is 3.83. The predicted octanol–water partition coefficient (Wildman–Crippen LogP) is 4.09. The van der Waals surface area contributed by atoms with Crippen LogP contribution in [0, 0.1) is 5.92 Å². The molecule has 0 radical (unpaired) electrons. The molecule has 0 aliphatic carbocycles. The molecule has 0 aliphatic heterocycles. The highest BCUT2D eigenvalue weighted by molar-refractivity contribution is 6.07. The molecule has 0 unspecified atom stereocenters. The minimum Gasteiger partial charge on any atom is -0.381 e. The lowest BCUT2D eigenvalue weighted by atomic mass is 10.1. The van der Waals surface area contributed by atoms with Crippen LogP contribution in [0.25, 0.3) is 22.3 Å². The summed E-state index contributed by atoms with van der Waals surface area (Å²) >= 11 is 0. The molecule has 5 nitrogen and oxygen atoms in total. The van der Waals surface area contributed by atoms with Gasteiger partial charge in [0.1, 0.15) is 0 Å². The molecule has 1 aromatic carbocycles. The van der Waals surface area contributed by atoms with E-state index in [0.29, 0.717) is 30.3 Å². The van der Waals surface area contributed by atoms with E-state index in [2.05, 4.69) is 29.1 Å². The van der Waals surface area contributed by atoms with Gasteiger partial charge in [0.2, 0.25) is 0 Å². The molecule has 0 aliphatic rings. The van der Waals surface area contributed by atoms with Gasteiger partial charge in [-0.1, -0.05) is 38.1 Å². The molecule has 2 aromatic heterocycles. The van der Waals surface area contributed by atoms with Crippen molar-refractivity contribution in [1.82, 2.24) is 15.3 Å². The molecule has 3 aromatic rings. The monoisotopic (exact) mass is 363 g/mol. The number of carbonyl (C=O) groups is 1. The zero-order valence-corrected chi connectivity index (χ0v) is 15.8. The second-order valence-corrected chi connectivity index (χ2v) is 6.87. The summed E-state index contributed by atoms with van der Waals surface area (Å²) in [6.45, 7) is 6.21. The molecule has 0 spiro atoms. The molecule has 3 rings (SSSR count). The van der Waals surface area contributed by atoms with Crippen LogP contribution in [0.15, 0.2) is 54.7 Å². The number of amides is 1. The molecule has 27 heavy (non-hydrogen) atoms. The maximum absolute atomic E-state index is 12.8. The number of para-hydroxylation sites is 1. The lowest BCUT2D eigenvalue weighted by Crippen LogP contribution is -2.25. The highest BCUT2D eigenvalue weighted by atomic mass is 16.5. The van der Waals surface area contributed by atoms with Crippen LogP contribution >= 0.6 is 0 Å². The van der Waals surface area contributed by atoms with Gasteiger partial charge in [0, 0.05) is 31.3 Å². The van der Waals surface area contributed by atoms with Crippen LogP contribution in [-0.2, 0) is 4.74 Å². The quantitative estimate of drug-likeness (QED) is 0.612. The van der Waals surface area contributed by atoms with Gasteiger partial charge in [0.05, 0.1) is 22.5 Å². The van der Waals surface area contributed by atoms with Crippen LogP contribution in [0.4, 0.5) is 0 Å². The molecule has 2 heterocycles. The number of fused-ring (bicyclic) bond motifs is 1. The zero-order valence-electron chi connectivity index (χ0n) is 15.8. The van der Waals surface area contributed by atoms with Crippen LogP contribution in [0.5, 0.6) is 0 Å². The van der Waals surface area contributed by atoms with Crippen molar-refractivity contribution in [2.45, 2.75) is 20.3 Å². The second-order valence-electron chi connectivity index (χ2n) is 6.87. The summed E-state index contributed by atoms with van der Waals surface area (Å²) in [6.07, 6.45) is 2.51. The Bertz CT molecular complexity index is 894. The van der Waals surface area contributed by atoms with Gasteiger partial charge in [-0.2, -0.15) is 0 Å². The second kappa shape index (κ2) is 9.24. The fourth-order valence-electron chi connectivity index (χ4n) is 2.80. The van der Waals surface area contributed by atoms with Gasteiger partial charge in [-0.15, -0.1) is 0 Å². The first kappa shape index (κ1) is 19.0. The number of rotatable bonds is 8. The van der Waals surface area contributed by atoms with Crippen LogP contribution in [0.1, 0.15) is 30.6 Å². The molecular weight excluding hydrogens is 338 g/mol. The summed E-state index contributed by atoms with van der Waals surface area (Å²) in [5.41, 5.74) is 2.84. The average molecular weight is 363 g/mol. The first-order chi connectivity index (χ1) is 13.1. The number of hydrogen-bond acceptors (Lipinski definition) is 4. The van der Waals surface area contributed by atoms with E-state index in [1.54, 1.807) is 6.20 Å². The topological polar surface area (TPSA) is 64.1 Å². The Hall–Kier alpha value is -2.79. The van der Waals surface area contributed by atoms with Crippen LogP contribution in [-0.4, -0.2) is 35.6 Å². The van der Waals surface area contributed by atoms with Crippen LogP contribution in [0.2, 0.25) is 0 Å². The van der Waals surface area contributed by atoms with Gasteiger partial charge in [-0.3, -0.25) is 9.78 Å². The largest absolute Gasteiger partial charge is 0.381 e. The summed E-state index contributed by atoms with van der Waals surface area (Å²) in [7, 11) is 0. The Morgan fingerprint density at radius 3 is 2.70 bits per heavy atom. The maximum atomic E-state index is 12.8. The van der Waals surface area contributed by atoms with Crippen molar-refractivity contribution in [2.24, 2.45) is 5.92 Å². The number of carbonyl (C=O) groups excluding carboxylic acids is 1. The van der Waals surface area contributed by atoms with Gasteiger partial charge in [-0.25, -0.2) is 4.98 Å². The van der Waals surface area contributed by atoms with E-state index >= 15 is 0 Å². The van der Waals surface area contributed by atoms with Gasteiger partial charge < -0.3 is 10.1 Å². The fraction of sp³-hybridized carbons (Fsp3) is 0.318. The van der Waals surface area contributed by atoms with Crippen molar-refractivity contribution in [1.29, 1.82) is 0 Å². The van der Waals surface area contributed by atoms with Crippen molar-refractivity contribution < 1.29 is 9.53 Å². The molecule has 1 amide bonds. The van der Waals surface area contributed by atoms with Crippen molar-refractivity contribution in [2.75, 3.05) is 19.8 Å². The lowest BCUT2D eigenvalue weighted by Gasteiger charge is -2.11. The Morgan fingerprint density at radius 1 is 1.11 bits per heavy atom. The smallest absolute Gasteiger partial charge is 0.252 e. The Morgan fingerprint density at radius 2 is 1.93 bits per heavy atom. The normalized spacial score (nSPS) is 11.1. The van der Waals surface area contributed by atoms with E-state index in [1.165, 1.54) is 0 Å². The first-order valence-electron chi connectivity index (χ1n) is 9.32. The zero-order chi connectivity index (χ0) is 19.1. The summed E-state index contributed by atoms with van der Waals surface area (Å²) in [6, 6.07) is 15.2. The third-order valence-electron chi connectivity index (χ3n) is 4.09. The van der Waals surface area contributed by atoms with Crippen molar-refractivity contribution in [3.63, 3.8) is 0 Å². The molecule has 140 valence electrons. The fourth-order valence-corrected chi connectivity index (χ4v) is 2.80. The van der Waals surface area contributed by atoms with Crippen molar-refractivity contribution >= 4 is 16.8 Å². The molecule has 5 heteroatoms. The molecule has 1 N–H and O–H groups in total. The predicted molar refractivity (Wildman–Crippen MR) is 108 cm³/mol. The molecule has 0 bridgehead atoms. The molecule has 0 atom stereocenters. The van der Waals surface area contributed by atoms with E-state index in [1.807, 2.05) is 48.5 Å². The number of nitrogens with one attached hydrogen (secondary N) is 1. The first-order valence-corrected chi connectivity index (χ1v) is 9.32. The van der Waals surface area contributed by atoms with Crippen molar-refractivity contribution in [3.05, 3.63) is 60.3 Å². The van der Waals surface area contributed by atoms with Crippen LogP contribution < -0.4 is 5.32 Å². The average Bonchev–Trinajstić information content (AvgIpc) is 2.70. The van der Waals surface area contributed by atoms with E-state index in [9.17, 15) is 4.79 Å². The maximum Gasteiger partial charge on any atom is 0.252 e. The molecule has 0 saturated heterocycles. The molecule has 0 fully saturated rings. The lowest BCUT2D eigenvalue weighted by molar-refractivity contribution is 0.0926. The molecular formula is C22H25N3O2. The third-order valence-corrected chi connectivity index (χ3v) is 4.09. The summed E-state index contributed by atoms with van der Waals surface area (Å²) < 4.78 is 5.56. The standard InChI is InChI=1S/C22H25N3O2/c1-16(2)15-27-13-7-12-24-22(26)18-14-21(20-10-5-6-11-23-20)25-19-9-4-3-8-17(18)19/h3-6,8-11,14,16H,7,12-13,15H2,1-2H3,(H,24,26). The minimum absolute atomic E-state index is 0.102. The highest BCUT2D eigenvalue weighted by Crippen LogP contribution is 2.23. The van der Waals surface area contributed by atoms with E-state index in [0.717, 1.165) is 29.6 Å². The summed E-state index contributed by atoms with van der Waals surface area (Å²) in [5.74, 6) is 0.419. The van der Waals surface area contributed by atoms with Gasteiger partial charge >= 0.3 is 0 Å². The van der Waals surface area contributed by atoms with E-state index in [-0.39, 0.29) is 5.91 Å². The highest BCUT2D eigenvalue weighted by Gasteiger charge is 2.14. The van der Waals surface area contributed by atoms with E-state index in [4.69, 9.17) is 4.74 Å². The number of nitrogens with zero attached hydrogens (tertiary/aromatic N) is 2. The van der Waals surface area contributed by atoms with Gasteiger partial charge in [0.25, 0.3) is 5.91 Å².